The van der Waals surface area contributed by atoms with Crippen LogP contribution in [0.25, 0.3) is 17.2 Å². The van der Waals surface area contributed by atoms with Crippen molar-refractivity contribution in [3.8, 4) is 17.2 Å². The summed E-state index contributed by atoms with van der Waals surface area (Å²) in [5.74, 6) is 2.92. The van der Waals surface area contributed by atoms with Crippen molar-refractivity contribution >= 4 is 0 Å². The van der Waals surface area contributed by atoms with Crippen molar-refractivity contribution in [2.75, 3.05) is 0 Å². The largest absolute Gasteiger partial charge is 0.274 e. The van der Waals surface area contributed by atoms with Crippen molar-refractivity contribution < 1.29 is 0 Å². The molecule has 0 aliphatic heterocycles. The number of hydrogen-bond donors (Lipinski definition) is 0. The van der Waals surface area contributed by atoms with Crippen molar-refractivity contribution in [3.63, 3.8) is 0 Å². The molecule has 0 atom stereocenters. The topological polar surface area (TPSA) is 66.3 Å². The van der Waals surface area contributed by atoms with Gasteiger partial charge in [-0.25, -0.2) is 9.67 Å². The van der Waals surface area contributed by atoms with E-state index >= 15 is 0 Å². The van der Waals surface area contributed by atoms with Gasteiger partial charge in [0.15, 0.2) is 11.6 Å². The SMILES string of the molecule is Cn1cc(-n2nc(C3CCCC3)nc2-c2cc(C3CC3)n(C)n2)cn1. The summed E-state index contributed by atoms with van der Waals surface area (Å²) >= 11 is 0. The Kier molecular flexibility index (Phi) is 3.29. The normalized spacial score (nSPS) is 18.3. The Bertz CT molecular complexity index is 906. The van der Waals surface area contributed by atoms with Crippen LogP contribution in [-0.2, 0) is 14.1 Å². The molecule has 7 nitrogen and oxygen atoms in total. The summed E-state index contributed by atoms with van der Waals surface area (Å²) in [5, 5.41) is 13.9. The van der Waals surface area contributed by atoms with E-state index in [-0.39, 0.29) is 0 Å². The number of nitrogens with zero attached hydrogens (tertiary/aromatic N) is 7. The third kappa shape index (κ3) is 2.58. The van der Waals surface area contributed by atoms with E-state index in [2.05, 4.69) is 11.2 Å². The van der Waals surface area contributed by atoms with Gasteiger partial charge in [0, 0.05) is 31.6 Å². The van der Waals surface area contributed by atoms with Crippen LogP contribution in [0.3, 0.4) is 0 Å². The standard InChI is InChI=1S/C18H23N7/c1-23-11-14(10-19-23)25-18(20-17(22-25)13-5-3-4-6-13)15-9-16(12-7-8-12)24(2)21-15/h9-13H,3-8H2,1-2H3. The van der Waals surface area contributed by atoms with E-state index in [4.69, 9.17) is 15.2 Å². The minimum Gasteiger partial charge on any atom is -0.274 e. The molecular formula is C18H23N7. The van der Waals surface area contributed by atoms with Crippen LogP contribution >= 0.6 is 0 Å². The first-order valence-electron chi connectivity index (χ1n) is 9.19. The highest BCUT2D eigenvalue weighted by molar-refractivity contribution is 5.54. The fraction of sp³-hybridized carbons (Fsp3) is 0.556. The van der Waals surface area contributed by atoms with Gasteiger partial charge >= 0.3 is 0 Å². The van der Waals surface area contributed by atoms with Crippen LogP contribution < -0.4 is 0 Å². The molecule has 25 heavy (non-hydrogen) atoms. The van der Waals surface area contributed by atoms with Gasteiger partial charge in [-0.15, -0.1) is 0 Å². The summed E-state index contributed by atoms with van der Waals surface area (Å²) in [6.45, 7) is 0. The number of hydrogen-bond acceptors (Lipinski definition) is 4. The van der Waals surface area contributed by atoms with E-state index in [1.807, 2.05) is 35.9 Å². The van der Waals surface area contributed by atoms with E-state index in [1.54, 1.807) is 4.68 Å². The summed E-state index contributed by atoms with van der Waals surface area (Å²) in [6.07, 6.45) is 11.3. The highest BCUT2D eigenvalue weighted by Crippen LogP contribution is 2.41. The predicted octanol–water partition coefficient (Wildman–Crippen LogP) is 2.94. The lowest BCUT2D eigenvalue weighted by Crippen LogP contribution is -2.01. The first-order valence-corrected chi connectivity index (χ1v) is 9.19. The molecule has 7 heteroatoms. The summed E-state index contributed by atoms with van der Waals surface area (Å²) < 4.78 is 5.72. The van der Waals surface area contributed by atoms with Crippen LogP contribution in [0, 0.1) is 0 Å². The molecule has 130 valence electrons. The molecular weight excluding hydrogens is 314 g/mol. The Morgan fingerprint density at radius 1 is 1.00 bits per heavy atom. The summed E-state index contributed by atoms with van der Waals surface area (Å²) in [5.41, 5.74) is 3.15. The van der Waals surface area contributed by atoms with Gasteiger partial charge in [0.2, 0.25) is 0 Å². The predicted molar refractivity (Wildman–Crippen MR) is 93.5 cm³/mol. The second-order valence-corrected chi connectivity index (χ2v) is 7.41. The average molecular weight is 337 g/mol. The molecule has 0 N–H and O–H groups in total. The summed E-state index contributed by atoms with van der Waals surface area (Å²) in [7, 11) is 3.95. The van der Waals surface area contributed by atoms with Crippen LogP contribution in [-0.4, -0.2) is 34.3 Å². The molecule has 3 aromatic heterocycles. The maximum Gasteiger partial charge on any atom is 0.183 e. The van der Waals surface area contributed by atoms with Crippen molar-refractivity contribution in [2.24, 2.45) is 14.1 Å². The monoisotopic (exact) mass is 337 g/mol. The molecule has 2 saturated carbocycles. The summed E-state index contributed by atoms with van der Waals surface area (Å²) in [6, 6.07) is 2.19. The Morgan fingerprint density at radius 3 is 2.48 bits per heavy atom. The van der Waals surface area contributed by atoms with Gasteiger partial charge in [-0.2, -0.15) is 15.3 Å². The van der Waals surface area contributed by atoms with E-state index in [9.17, 15) is 0 Å². The fourth-order valence-electron chi connectivity index (χ4n) is 3.90. The molecule has 0 unspecified atom stereocenters. The van der Waals surface area contributed by atoms with E-state index < -0.39 is 0 Å². The lowest BCUT2D eigenvalue weighted by atomic mass is 10.1. The van der Waals surface area contributed by atoms with E-state index in [0.717, 1.165) is 23.0 Å². The van der Waals surface area contributed by atoms with Gasteiger partial charge in [0.25, 0.3) is 0 Å². The molecule has 2 fully saturated rings. The van der Waals surface area contributed by atoms with Crippen molar-refractivity contribution in [3.05, 3.63) is 30.0 Å². The molecule has 2 aliphatic rings. The third-order valence-electron chi connectivity index (χ3n) is 5.42. The second kappa shape index (κ2) is 5.54. The zero-order chi connectivity index (χ0) is 17.0. The molecule has 0 amide bonds. The van der Waals surface area contributed by atoms with Crippen LogP contribution in [0.4, 0.5) is 0 Å². The molecule has 0 spiro atoms. The third-order valence-corrected chi connectivity index (χ3v) is 5.42. The van der Waals surface area contributed by atoms with E-state index in [0.29, 0.717) is 11.8 Å². The lowest BCUT2D eigenvalue weighted by molar-refractivity contribution is 0.662. The Hall–Kier alpha value is -2.44. The van der Waals surface area contributed by atoms with Gasteiger partial charge in [-0.05, 0) is 31.7 Å². The molecule has 2 aliphatic carbocycles. The zero-order valence-corrected chi connectivity index (χ0v) is 14.8. The number of aromatic nitrogens is 7. The molecule has 5 rings (SSSR count). The minimum absolute atomic E-state index is 0.475. The van der Waals surface area contributed by atoms with Gasteiger partial charge in [-0.1, -0.05) is 12.8 Å². The summed E-state index contributed by atoms with van der Waals surface area (Å²) in [4.78, 5) is 4.92. The maximum atomic E-state index is 4.92. The van der Waals surface area contributed by atoms with E-state index in [1.165, 1.54) is 44.2 Å². The van der Waals surface area contributed by atoms with Crippen molar-refractivity contribution in [1.82, 2.24) is 34.3 Å². The van der Waals surface area contributed by atoms with Gasteiger partial charge in [-0.3, -0.25) is 9.36 Å². The quantitative estimate of drug-likeness (QED) is 0.734. The molecule has 0 bridgehead atoms. The van der Waals surface area contributed by atoms with Crippen LogP contribution in [0.5, 0.6) is 0 Å². The molecule has 3 aromatic rings. The highest BCUT2D eigenvalue weighted by atomic mass is 15.4. The highest BCUT2D eigenvalue weighted by Gasteiger charge is 2.29. The van der Waals surface area contributed by atoms with Crippen LogP contribution in [0.2, 0.25) is 0 Å². The molecule has 0 radical (unpaired) electrons. The average Bonchev–Trinajstić information content (AvgIpc) is 3.05. The number of rotatable bonds is 4. The lowest BCUT2D eigenvalue weighted by Gasteiger charge is -2.01. The van der Waals surface area contributed by atoms with Crippen molar-refractivity contribution in [1.29, 1.82) is 0 Å². The Labute approximate surface area is 146 Å². The second-order valence-electron chi connectivity index (χ2n) is 7.41. The molecule has 3 heterocycles. The Morgan fingerprint density at radius 2 is 1.80 bits per heavy atom. The zero-order valence-electron chi connectivity index (χ0n) is 14.8. The van der Waals surface area contributed by atoms with Gasteiger partial charge in [0.1, 0.15) is 11.4 Å². The van der Waals surface area contributed by atoms with Crippen molar-refractivity contribution in [2.45, 2.75) is 50.4 Å². The first kappa shape index (κ1) is 14.9. The fourth-order valence-corrected chi connectivity index (χ4v) is 3.90. The smallest absolute Gasteiger partial charge is 0.183 e. The molecule has 0 saturated heterocycles. The Balaban J connectivity index is 1.62. The van der Waals surface area contributed by atoms with Crippen LogP contribution in [0.1, 0.15) is 61.9 Å². The number of aryl methyl sites for hydroxylation is 2. The van der Waals surface area contributed by atoms with Crippen LogP contribution in [0.15, 0.2) is 18.5 Å². The van der Waals surface area contributed by atoms with Gasteiger partial charge in [0.05, 0.1) is 12.4 Å². The maximum absolute atomic E-state index is 4.92. The first-order chi connectivity index (χ1) is 12.2. The minimum atomic E-state index is 0.475. The van der Waals surface area contributed by atoms with Gasteiger partial charge < -0.3 is 0 Å². The molecule has 0 aromatic carbocycles.